The van der Waals surface area contributed by atoms with Gasteiger partial charge in [0.2, 0.25) is 0 Å². The van der Waals surface area contributed by atoms with Crippen molar-refractivity contribution in [2.75, 3.05) is 25.9 Å². The maximum absolute atomic E-state index is 5.85. The van der Waals surface area contributed by atoms with E-state index in [9.17, 15) is 0 Å². The maximum atomic E-state index is 5.85. The molecule has 1 aromatic carbocycles. The van der Waals surface area contributed by atoms with Gasteiger partial charge in [-0.3, -0.25) is 4.68 Å². The molecule has 2 heterocycles. The highest BCUT2D eigenvalue weighted by atomic mass is 15.3. The Morgan fingerprint density at radius 1 is 1.29 bits per heavy atom. The minimum Gasteiger partial charge on any atom is -0.399 e. The zero-order valence-corrected chi connectivity index (χ0v) is 10.1. The Hall–Kier alpha value is -1.55. The molecule has 0 saturated carbocycles. The molecule has 0 spiro atoms. The van der Waals surface area contributed by atoms with Gasteiger partial charge < -0.3 is 10.6 Å². The van der Waals surface area contributed by atoms with E-state index in [1.54, 1.807) is 0 Å². The molecule has 4 nitrogen and oxygen atoms in total. The lowest BCUT2D eigenvalue weighted by atomic mass is 10.1. The fourth-order valence-corrected chi connectivity index (χ4v) is 2.59. The molecule has 0 amide bonds. The highest BCUT2D eigenvalue weighted by molar-refractivity contribution is 5.81. The van der Waals surface area contributed by atoms with E-state index in [4.69, 9.17) is 5.73 Å². The first-order valence-electron chi connectivity index (χ1n) is 6.15. The van der Waals surface area contributed by atoms with Gasteiger partial charge >= 0.3 is 0 Å². The standard InChI is InChI=1S/C13H18N4/c1-16-6-4-12(5-7-16)17-13-8-11(14)3-2-10(13)9-15-17/h2-3,8-9,12H,4-7,14H2,1H3. The third-order valence-corrected chi connectivity index (χ3v) is 3.66. The minimum absolute atomic E-state index is 0.519. The second-order valence-corrected chi connectivity index (χ2v) is 4.94. The Morgan fingerprint density at radius 3 is 2.82 bits per heavy atom. The Labute approximate surface area is 101 Å². The smallest absolute Gasteiger partial charge is 0.0706 e. The van der Waals surface area contributed by atoms with E-state index >= 15 is 0 Å². The van der Waals surface area contributed by atoms with Gasteiger partial charge in [-0.25, -0.2) is 0 Å². The molecule has 0 aliphatic carbocycles. The summed E-state index contributed by atoms with van der Waals surface area (Å²) >= 11 is 0. The number of nitrogens with zero attached hydrogens (tertiary/aromatic N) is 3. The maximum Gasteiger partial charge on any atom is 0.0706 e. The van der Waals surface area contributed by atoms with Crippen LogP contribution >= 0.6 is 0 Å². The van der Waals surface area contributed by atoms with Crippen molar-refractivity contribution in [3.63, 3.8) is 0 Å². The van der Waals surface area contributed by atoms with Crippen LogP contribution in [-0.2, 0) is 0 Å². The summed E-state index contributed by atoms with van der Waals surface area (Å²) in [4.78, 5) is 2.37. The fraction of sp³-hybridized carbons (Fsp3) is 0.462. The quantitative estimate of drug-likeness (QED) is 0.761. The number of piperidine rings is 1. The first kappa shape index (κ1) is 10.6. The highest BCUT2D eigenvalue weighted by Crippen LogP contribution is 2.26. The van der Waals surface area contributed by atoms with E-state index in [1.165, 1.54) is 23.7 Å². The summed E-state index contributed by atoms with van der Waals surface area (Å²) in [6.45, 7) is 2.29. The van der Waals surface area contributed by atoms with E-state index < -0.39 is 0 Å². The minimum atomic E-state index is 0.519. The third kappa shape index (κ3) is 1.89. The number of nitrogen functional groups attached to an aromatic ring is 1. The second kappa shape index (κ2) is 4.04. The number of nitrogens with two attached hydrogens (primary N) is 1. The molecule has 0 unspecified atom stereocenters. The molecule has 0 radical (unpaired) electrons. The Kier molecular flexibility index (Phi) is 2.52. The molecular formula is C13H18N4. The number of benzene rings is 1. The van der Waals surface area contributed by atoms with Gasteiger partial charge in [0.1, 0.15) is 0 Å². The zero-order valence-electron chi connectivity index (χ0n) is 10.1. The number of hydrogen-bond acceptors (Lipinski definition) is 3. The van der Waals surface area contributed by atoms with Crippen LogP contribution in [0.5, 0.6) is 0 Å². The molecule has 1 aliphatic rings. The molecule has 1 aliphatic heterocycles. The highest BCUT2D eigenvalue weighted by Gasteiger charge is 2.20. The number of anilines is 1. The monoisotopic (exact) mass is 230 g/mol. The second-order valence-electron chi connectivity index (χ2n) is 4.94. The van der Waals surface area contributed by atoms with Crippen molar-refractivity contribution in [1.82, 2.24) is 14.7 Å². The van der Waals surface area contributed by atoms with Crippen LogP contribution in [0.15, 0.2) is 24.4 Å². The van der Waals surface area contributed by atoms with Crippen molar-refractivity contribution in [1.29, 1.82) is 0 Å². The van der Waals surface area contributed by atoms with Gasteiger partial charge in [0.15, 0.2) is 0 Å². The lowest BCUT2D eigenvalue weighted by Gasteiger charge is -2.29. The number of rotatable bonds is 1. The molecule has 3 rings (SSSR count). The Morgan fingerprint density at radius 2 is 2.06 bits per heavy atom. The summed E-state index contributed by atoms with van der Waals surface area (Å²) in [5, 5.41) is 5.71. The molecule has 17 heavy (non-hydrogen) atoms. The average Bonchev–Trinajstić information content (AvgIpc) is 2.73. The fourth-order valence-electron chi connectivity index (χ4n) is 2.59. The normalized spacial score (nSPS) is 18.9. The van der Waals surface area contributed by atoms with Gasteiger partial charge in [0, 0.05) is 11.1 Å². The van der Waals surface area contributed by atoms with Gasteiger partial charge in [-0.05, 0) is 51.2 Å². The van der Waals surface area contributed by atoms with Gasteiger partial charge in [-0.1, -0.05) is 0 Å². The zero-order chi connectivity index (χ0) is 11.8. The summed E-state index contributed by atoms with van der Waals surface area (Å²) < 4.78 is 2.15. The molecule has 1 saturated heterocycles. The number of aromatic nitrogens is 2. The van der Waals surface area contributed by atoms with E-state index in [1.807, 2.05) is 24.4 Å². The SMILES string of the molecule is CN1CCC(n2ncc3ccc(N)cc32)CC1. The van der Waals surface area contributed by atoms with Gasteiger partial charge in [0.25, 0.3) is 0 Å². The van der Waals surface area contributed by atoms with E-state index in [0.29, 0.717) is 6.04 Å². The molecule has 1 fully saturated rings. The van der Waals surface area contributed by atoms with Crippen LogP contribution in [0.25, 0.3) is 10.9 Å². The van der Waals surface area contributed by atoms with Crippen LogP contribution in [0.2, 0.25) is 0 Å². The molecular weight excluding hydrogens is 212 g/mol. The number of likely N-dealkylation sites (tertiary alicyclic amines) is 1. The predicted molar refractivity (Wildman–Crippen MR) is 69.9 cm³/mol. The van der Waals surface area contributed by atoms with Crippen LogP contribution < -0.4 is 5.73 Å². The number of fused-ring (bicyclic) bond motifs is 1. The van der Waals surface area contributed by atoms with Crippen LogP contribution in [0.4, 0.5) is 5.69 Å². The lowest BCUT2D eigenvalue weighted by molar-refractivity contribution is 0.215. The summed E-state index contributed by atoms with van der Waals surface area (Å²) in [5.74, 6) is 0. The first-order valence-corrected chi connectivity index (χ1v) is 6.15. The van der Waals surface area contributed by atoms with Crippen molar-refractivity contribution >= 4 is 16.6 Å². The van der Waals surface area contributed by atoms with Gasteiger partial charge in [-0.15, -0.1) is 0 Å². The van der Waals surface area contributed by atoms with Crippen LogP contribution in [0.3, 0.4) is 0 Å². The first-order chi connectivity index (χ1) is 8.24. The number of hydrogen-bond donors (Lipinski definition) is 1. The molecule has 0 bridgehead atoms. The van der Waals surface area contributed by atoms with Gasteiger partial charge in [-0.2, -0.15) is 5.10 Å². The molecule has 2 N–H and O–H groups in total. The molecule has 90 valence electrons. The lowest BCUT2D eigenvalue weighted by Crippen LogP contribution is -2.31. The van der Waals surface area contributed by atoms with E-state index in [2.05, 4.69) is 21.7 Å². The largest absolute Gasteiger partial charge is 0.399 e. The Bertz CT molecular complexity index is 523. The van der Waals surface area contributed by atoms with Crippen LogP contribution in [-0.4, -0.2) is 34.8 Å². The summed E-state index contributed by atoms with van der Waals surface area (Å²) in [5.41, 5.74) is 7.83. The van der Waals surface area contributed by atoms with Crippen LogP contribution in [0, 0.1) is 0 Å². The molecule has 1 aromatic heterocycles. The van der Waals surface area contributed by atoms with E-state index in [-0.39, 0.29) is 0 Å². The van der Waals surface area contributed by atoms with Crippen molar-refractivity contribution in [3.8, 4) is 0 Å². The van der Waals surface area contributed by atoms with Gasteiger partial charge in [0.05, 0.1) is 17.8 Å². The summed E-state index contributed by atoms with van der Waals surface area (Å²) in [7, 11) is 2.18. The van der Waals surface area contributed by atoms with Crippen molar-refractivity contribution in [2.24, 2.45) is 0 Å². The van der Waals surface area contributed by atoms with Crippen molar-refractivity contribution in [2.45, 2.75) is 18.9 Å². The predicted octanol–water partition coefficient (Wildman–Crippen LogP) is 1.89. The topological polar surface area (TPSA) is 47.1 Å². The van der Waals surface area contributed by atoms with E-state index in [0.717, 1.165) is 18.8 Å². The molecule has 4 heteroatoms. The Balaban J connectivity index is 1.97. The summed E-state index contributed by atoms with van der Waals surface area (Å²) in [6.07, 6.45) is 4.28. The third-order valence-electron chi connectivity index (χ3n) is 3.66. The van der Waals surface area contributed by atoms with Crippen molar-refractivity contribution < 1.29 is 0 Å². The van der Waals surface area contributed by atoms with Crippen LogP contribution in [0.1, 0.15) is 18.9 Å². The van der Waals surface area contributed by atoms with Crippen molar-refractivity contribution in [3.05, 3.63) is 24.4 Å². The molecule has 0 atom stereocenters. The average molecular weight is 230 g/mol. The summed E-state index contributed by atoms with van der Waals surface area (Å²) in [6, 6.07) is 6.53. The molecule has 2 aromatic rings.